The van der Waals surface area contributed by atoms with E-state index in [2.05, 4.69) is 20.8 Å². The minimum Gasteiger partial charge on any atom is -0.366 e. The number of ether oxygens (including phenoxy) is 1. The van der Waals surface area contributed by atoms with Gasteiger partial charge in [0, 0.05) is 23.7 Å². The fraction of sp³-hybridized carbons (Fsp3) is 0.438. The molecule has 2 N–H and O–H groups in total. The Balaban J connectivity index is 0.00000225. The summed E-state index contributed by atoms with van der Waals surface area (Å²) in [5, 5.41) is 10.6. The fourth-order valence-electron chi connectivity index (χ4n) is 2.39. The van der Waals surface area contributed by atoms with Crippen LogP contribution in [0.25, 0.3) is 0 Å². The minimum atomic E-state index is -0.802. The molecule has 2 heterocycles. The molecule has 1 aliphatic heterocycles. The number of benzene rings is 1. The van der Waals surface area contributed by atoms with Gasteiger partial charge in [-0.3, -0.25) is 4.79 Å². The Morgan fingerprint density at radius 3 is 2.92 bits per heavy atom. The first kappa shape index (κ1) is 19.7. The number of morpholine rings is 1. The number of carbonyl (C=O) groups excluding carboxylic acids is 1. The first-order valence-electron chi connectivity index (χ1n) is 7.70. The lowest BCUT2D eigenvalue weighted by molar-refractivity contribution is 0.00755. The van der Waals surface area contributed by atoms with Gasteiger partial charge in [0.2, 0.25) is 0 Å². The van der Waals surface area contributed by atoms with E-state index in [1.807, 2.05) is 13.8 Å². The first-order valence-corrected chi connectivity index (χ1v) is 8.08. The van der Waals surface area contributed by atoms with Crippen molar-refractivity contribution in [1.29, 1.82) is 0 Å². The van der Waals surface area contributed by atoms with Crippen LogP contribution in [0.3, 0.4) is 0 Å². The van der Waals surface area contributed by atoms with Gasteiger partial charge in [-0.15, -0.1) is 12.4 Å². The van der Waals surface area contributed by atoms with Crippen LogP contribution in [0, 0.1) is 0 Å². The number of nitrogens with one attached hydrogen (secondary N) is 2. The van der Waals surface area contributed by atoms with E-state index >= 15 is 0 Å². The Hall–Kier alpha value is -1.67. The molecule has 9 heteroatoms. The topological polar surface area (TPSA) is 89.3 Å². The van der Waals surface area contributed by atoms with E-state index in [9.17, 15) is 4.79 Å². The van der Waals surface area contributed by atoms with E-state index in [1.165, 1.54) is 0 Å². The smallest absolute Gasteiger partial charge is 0.257 e. The van der Waals surface area contributed by atoms with Crippen molar-refractivity contribution in [3.8, 4) is 0 Å². The van der Waals surface area contributed by atoms with Crippen LogP contribution in [0.1, 0.15) is 42.0 Å². The Bertz CT molecular complexity index is 730. The molecule has 1 aromatic heterocycles. The Morgan fingerprint density at radius 2 is 2.24 bits per heavy atom. The maximum Gasteiger partial charge on any atom is 0.257 e. The summed E-state index contributed by atoms with van der Waals surface area (Å²) in [6, 6.07) is 6.74. The van der Waals surface area contributed by atoms with Crippen molar-refractivity contribution in [2.24, 2.45) is 0 Å². The maximum absolute atomic E-state index is 12.4. The SMILES string of the molecule is CC(C)(NC(=O)c1cccc(Cl)c1)c1noc([C@H]2CNCCO2)n1.Cl. The van der Waals surface area contributed by atoms with Crippen molar-refractivity contribution in [3.63, 3.8) is 0 Å². The number of rotatable bonds is 4. The van der Waals surface area contributed by atoms with Gasteiger partial charge in [0.25, 0.3) is 11.8 Å². The van der Waals surface area contributed by atoms with Crippen LogP contribution in [0.2, 0.25) is 5.02 Å². The summed E-state index contributed by atoms with van der Waals surface area (Å²) in [5.74, 6) is 0.536. The van der Waals surface area contributed by atoms with Gasteiger partial charge >= 0.3 is 0 Å². The Labute approximate surface area is 156 Å². The predicted octanol–water partition coefficient (Wildman–Crippen LogP) is 2.47. The zero-order valence-corrected chi connectivity index (χ0v) is 15.5. The molecule has 1 atom stereocenters. The van der Waals surface area contributed by atoms with Crippen molar-refractivity contribution in [3.05, 3.63) is 46.6 Å². The van der Waals surface area contributed by atoms with Gasteiger partial charge in [-0.05, 0) is 32.0 Å². The van der Waals surface area contributed by atoms with E-state index in [4.69, 9.17) is 20.9 Å². The van der Waals surface area contributed by atoms with Crippen LogP contribution in [0.4, 0.5) is 0 Å². The normalized spacial score (nSPS) is 17.6. The molecule has 1 fully saturated rings. The summed E-state index contributed by atoms with van der Waals surface area (Å²) < 4.78 is 10.9. The van der Waals surface area contributed by atoms with Crippen molar-refractivity contribution in [1.82, 2.24) is 20.8 Å². The highest BCUT2D eigenvalue weighted by molar-refractivity contribution is 6.30. The molecule has 25 heavy (non-hydrogen) atoms. The molecule has 0 unspecified atom stereocenters. The van der Waals surface area contributed by atoms with Gasteiger partial charge in [0.1, 0.15) is 6.10 Å². The third-order valence-electron chi connectivity index (χ3n) is 3.72. The lowest BCUT2D eigenvalue weighted by Crippen LogP contribution is -2.42. The predicted molar refractivity (Wildman–Crippen MR) is 95.1 cm³/mol. The van der Waals surface area contributed by atoms with Gasteiger partial charge in [-0.1, -0.05) is 22.8 Å². The minimum absolute atomic E-state index is 0. The van der Waals surface area contributed by atoms with E-state index in [0.29, 0.717) is 35.5 Å². The van der Waals surface area contributed by atoms with E-state index < -0.39 is 5.54 Å². The average molecular weight is 387 g/mol. The number of amides is 1. The van der Waals surface area contributed by atoms with Gasteiger partial charge in [0.15, 0.2) is 5.82 Å². The second-order valence-corrected chi connectivity index (χ2v) is 6.55. The van der Waals surface area contributed by atoms with Crippen LogP contribution in [-0.2, 0) is 10.3 Å². The Morgan fingerprint density at radius 1 is 1.44 bits per heavy atom. The van der Waals surface area contributed by atoms with E-state index in [1.54, 1.807) is 24.3 Å². The van der Waals surface area contributed by atoms with Gasteiger partial charge in [-0.2, -0.15) is 4.98 Å². The molecule has 1 saturated heterocycles. The molecule has 136 valence electrons. The number of nitrogens with zero attached hydrogens (tertiary/aromatic N) is 2. The fourth-order valence-corrected chi connectivity index (χ4v) is 2.58. The third-order valence-corrected chi connectivity index (χ3v) is 3.95. The first-order chi connectivity index (χ1) is 11.5. The van der Waals surface area contributed by atoms with Crippen LogP contribution < -0.4 is 10.6 Å². The second-order valence-electron chi connectivity index (χ2n) is 6.11. The molecule has 2 aromatic rings. The summed E-state index contributed by atoms with van der Waals surface area (Å²) in [6.07, 6.45) is -0.264. The molecule has 1 amide bonds. The van der Waals surface area contributed by atoms with Gasteiger partial charge in [0.05, 0.1) is 12.1 Å². The number of hydrogen-bond donors (Lipinski definition) is 2. The van der Waals surface area contributed by atoms with Crippen LogP contribution >= 0.6 is 24.0 Å². The molecular weight excluding hydrogens is 367 g/mol. The lowest BCUT2D eigenvalue weighted by Gasteiger charge is -2.23. The maximum atomic E-state index is 12.4. The summed E-state index contributed by atoms with van der Waals surface area (Å²) in [6.45, 7) is 5.64. The molecule has 0 aliphatic carbocycles. The van der Waals surface area contributed by atoms with Gasteiger partial charge < -0.3 is 19.9 Å². The van der Waals surface area contributed by atoms with Crippen LogP contribution in [-0.4, -0.2) is 35.7 Å². The third kappa shape index (κ3) is 4.70. The van der Waals surface area contributed by atoms with Crippen molar-refractivity contribution in [2.45, 2.75) is 25.5 Å². The monoisotopic (exact) mass is 386 g/mol. The lowest BCUT2D eigenvalue weighted by atomic mass is 10.0. The molecule has 1 aromatic carbocycles. The van der Waals surface area contributed by atoms with E-state index in [-0.39, 0.29) is 24.4 Å². The molecule has 7 nitrogen and oxygen atoms in total. The van der Waals surface area contributed by atoms with Gasteiger partial charge in [-0.25, -0.2) is 0 Å². The molecule has 0 spiro atoms. The van der Waals surface area contributed by atoms with Crippen LogP contribution in [0.5, 0.6) is 0 Å². The second kappa shape index (κ2) is 8.14. The van der Waals surface area contributed by atoms with E-state index in [0.717, 1.165) is 6.54 Å². The molecular formula is C16H20Cl2N4O3. The average Bonchev–Trinajstić information content (AvgIpc) is 3.06. The number of carbonyl (C=O) groups is 1. The highest BCUT2D eigenvalue weighted by Gasteiger charge is 2.31. The molecule has 0 radical (unpaired) electrons. The van der Waals surface area contributed by atoms with Crippen molar-refractivity contribution < 1.29 is 14.1 Å². The zero-order chi connectivity index (χ0) is 17.2. The molecule has 1 aliphatic rings. The van der Waals surface area contributed by atoms with Crippen molar-refractivity contribution >= 4 is 29.9 Å². The number of hydrogen-bond acceptors (Lipinski definition) is 6. The quantitative estimate of drug-likeness (QED) is 0.838. The van der Waals surface area contributed by atoms with Crippen LogP contribution in [0.15, 0.2) is 28.8 Å². The summed E-state index contributed by atoms with van der Waals surface area (Å²) in [4.78, 5) is 16.8. The highest BCUT2D eigenvalue weighted by Crippen LogP contribution is 2.22. The molecule has 0 bridgehead atoms. The zero-order valence-electron chi connectivity index (χ0n) is 13.9. The largest absolute Gasteiger partial charge is 0.366 e. The molecule has 0 saturated carbocycles. The number of halogens is 2. The number of aromatic nitrogens is 2. The summed E-state index contributed by atoms with van der Waals surface area (Å²) >= 11 is 5.93. The summed E-state index contributed by atoms with van der Waals surface area (Å²) in [7, 11) is 0. The van der Waals surface area contributed by atoms with Crippen molar-refractivity contribution in [2.75, 3.05) is 19.7 Å². The standard InChI is InChI=1S/C16H19ClN4O3.ClH/c1-16(2,20-13(22)10-4-3-5-11(17)8-10)15-19-14(24-21-15)12-9-18-6-7-23-12;/h3-5,8,12,18H,6-7,9H2,1-2H3,(H,20,22);1H/t12-;/m1./s1. The molecule has 3 rings (SSSR count). The highest BCUT2D eigenvalue weighted by atomic mass is 35.5. The summed E-state index contributed by atoms with van der Waals surface area (Å²) in [5.41, 5.74) is -0.331. The Kier molecular flexibility index (Phi) is 6.40.